The average molecular weight is 167 g/mol. The van der Waals surface area contributed by atoms with Crippen LogP contribution in [0.25, 0.3) is 0 Å². The van der Waals surface area contributed by atoms with Crippen LogP contribution in [0.1, 0.15) is 12.8 Å². The molecule has 1 saturated heterocycles. The molecule has 0 bridgehead atoms. The third-order valence-electron chi connectivity index (χ3n) is 2.11. The molecule has 1 fully saturated rings. The molecule has 1 N–H and O–H groups in total. The van der Waals surface area contributed by atoms with Gasteiger partial charge in [-0.05, 0) is 12.8 Å². The van der Waals surface area contributed by atoms with E-state index in [2.05, 4.69) is 14.7 Å². The van der Waals surface area contributed by atoms with Gasteiger partial charge in [0.15, 0.2) is 0 Å². The highest BCUT2D eigenvalue weighted by Crippen LogP contribution is 2.04. The van der Waals surface area contributed by atoms with Gasteiger partial charge in [0.2, 0.25) is 0 Å². The van der Waals surface area contributed by atoms with Gasteiger partial charge in [0.05, 0.1) is 28.9 Å². The number of aliphatic hydroxyl groups excluding tert-OH is 1. The molecule has 1 rings (SSSR count). The minimum atomic E-state index is 0.250. The molecule has 0 aliphatic carbocycles. The fourth-order valence-electron chi connectivity index (χ4n) is 1.28. The molecule has 12 heavy (non-hydrogen) atoms. The van der Waals surface area contributed by atoms with Gasteiger partial charge in [0, 0.05) is 13.1 Å². The van der Waals surface area contributed by atoms with Gasteiger partial charge in [-0.25, -0.2) is 0 Å². The fraction of sp³-hybridized carbons (Fsp3) is 1.00. The Morgan fingerprint density at radius 3 is 2.17 bits per heavy atom. The van der Waals surface area contributed by atoms with Crippen molar-refractivity contribution in [3.05, 3.63) is 0 Å². The van der Waals surface area contributed by atoms with Crippen LogP contribution in [0.5, 0.6) is 0 Å². The lowest BCUT2D eigenvalue weighted by Gasteiger charge is -2.07. The molecule has 1 aliphatic rings. The van der Waals surface area contributed by atoms with Crippen LogP contribution in [-0.4, -0.2) is 52.0 Å². The maximum absolute atomic E-state index is 8.49. The second-order valence-electron chi connectivity index (χ2n) is 3.32. The van der Waals surface area contributed by atoms with Gasteiger partial charge in [0.25, 0.3) is 0 Å². The van der Waals surface area contributed by atoms with Crippen LogP contribution in [0.2, 0.25) is 13.0 Å². The summed E-state index contributed by atoms with van der Waals surface area (Å²) in [6.07, 6.45) is 3.87. The zero-order valence-corrected chi connectivity index (χ0v) is 8.55. The molecule has 1 aliphatic heterocycles. The molecule has 0 radical (unpaired) electrons. The monoisotopic (exact) mass is 167 g/mol. The van der Waals surface area contributed by atoms with Crippen molar-refractivity contribution in [2.75, 3.05) is 19.8 Å². The number of aliphatic hydroxyl groups is 1. The second kappa shape index (κ2) is 9.20. The van der Waals surface area contributed by atoms with Gasteiger partial charge in [-0.2, -0.15) is 0 Å². The van der Waals surface area contributed by atoms with Gasteiger partial charge in [-0.1, -0.05) is 6.82 Å². The summed E-state index contributed by atoms with van der Waals surface area (Å²) in [6.45, 7) is 4.65. The lowest BCUT2D eigenvalue weighted by Crippen LogP contribution is -2.19. The molecular formula is C7H20B3NO. The van der Waals surface area contributed by atoms with Crippen LogP contribution in [0.4, 0.5) is 0 Å². The number of hydrogen-bond donors (Lipinski definition) is 1. The van der Waals surface area contributed by atoms with Crippen LogP contribution >= 0.6 is 0 Å². The van der Waals surface area contributed by atoms with Crippen LogP contribution < -0.4 is 0 Å². The number of hydrogen-bond acceptors (Lipinski definition) is 2. The lowest BCUT2D eigenvalue weighted by atomic mass is 9.37. The normalized spacial score (nSPS) is 16.5. The molecule has 0 spiro atoms. The van der Waals surface area contributed by atoms with E-state index in [4.69, 9.17) is 5.11 Å². The van der Waals surface area contributed by atoms with Crippen molar-refractivity contribution in [1.29, 1.82) is 0 Å². The Hall–Kier alpha value is 0.115. The molecule has 0 aromatic carbocycles. The number of rotatable bonds is 3. The first kappa shape index (κ1) is 12.1. The van der Waals surface area contributed by atoms with Gasteiger partial charge >= 0.3 is 0 Å². The average Bonchev–Trinajstić information content (AvgIpc) is 2.58. The van der Waals surface area contributed by atoms with E-state index >= 15 is 0 Å². The predicted molar refractivity (Wildman–Crippen MR) is 61.4 cm³/mol. The molecule has 0 unspecified atom stereocenters. The highest BCUT2D eigenvalue weighted by molar-refractivity contribution is 7.01. The van der Waals surface area contributed by atoms with Gasteiger partial charge in [-0.15, -0.1) is 6.22 Å². The second-order valence-corrected chi connectivity index (χ2v) is 3.32. The van der Waals surface area contributed by atoms with Crippen LogP contribution in [-0.2, 0) is 0 Å². The molecule has 0 aromatic rings. The fourth-order valence-corrected chi connectivity index (χ4v) is 1.28. The van der Waals surface area contributed by atoms with Crippen LogP contribution in [0.15, 0.2) is 0 Å². The summed E-state index contributed by atoms with van der Waals surface area (Å²) in [6, 6.07) is 0. The van der Waals surface area contributed by atoms with Crippen molar-refractivity contribution in [3.8, 4) is 0 Å². The van der Waals surface area contributed by atoms with E-state index in [1.807, 2.05) is 4.90 Å². The van der Waals surface area contributed by atoms with Gasteiger partial charge in [-0.3, -0.25) is 4.90 Å². The minimum Gasteiger partial charge on any atom is -0.381 e. The number of nitrogens with zero attached hydrogens (tertiary/aromatic N) is 1. The Morgan fingerprint density at radius 2 is 2.00 bits per heavy atom. The van der Waals surface area contributed by atoms with Gasteiger partial charge < -0.3 is 5.11 Å². The maximum atomic E-state index is 8.49. The Kier molecular flexibility index (Phi) is 9.29. The molecule has 1 heterocycles. The largest absolute Gasteiger partial charge is 0.381 e. The summed E-state index contributed by atoms with van der Waals surface area (Å²) in [4.78, 5) is 2.04. The molecular weight excluding hydrogens is 147 g/mol. The summed E-state index contributed by atoms with van der Waals surface area (Å²) in [7, 11) is 4.94. The zero-order valence-electron chi connectivity index (χ0n) is 8.55. The SMILES string of the molecule is BCBBC.OCN1CCCC1. The molecule has 5 heteroatoms. The molecule has 0 atom stereocenters. The summed E-state index contributed by atoms with van der Waals surface area (Å²) in [5.41, 5.74) is 0. The third-order valence-corrected chi connectivity index (χ3v) is 2.11. The first-order valence-corrected chi connectivity index (χ1v) is 5.18. The minimum absolute atomic E-state index is 0.250. The predicted octanol–water partition coefficient (Wildman–Crippen LogP) is -1.14. The highest BCUT2D eigenvalue weighted by Gasteiger charge is 2.07. The van der Waals surface area contributed by atoms with E-state index in [0.717, 1.165) is 13.1 Å². The van der Waals surface area contributed by atoms with Crippen molar-refractivity contribution in [2.45, 2.75) is 25.9 Å². The first-order chi connectivity index (χ1) is 5.85. The molecule has 0 saturated carbocycles. The van der Waals surface area contributed by atoms with E-state index in [9.17, 15) is 0 Å². The van der Waals surface area contributed by atoms with Gasteiger partial charge in [0.1, 0.15) is 0 Å². The molecule has 2 nitrogen and oxygen atoms in total. The molecule has 0 amide bonds. The molecule has 0 aromatic heterocycles. The van der Waals surface area contributed by atoms with Crippen molar-refractivity contribution in [1.82, 2.24) is 4.90 Å². The topological polar surface area (TPSA) is 23.5 Å². The highest BCUT2D eigenvalue weighted by atomic mass is 16.3. The molecule has 68 valence electrons. The third kappa shape index (κ3) is 6.80. The smallest absolute Gasteiger partial charge is 0.0956 e. The van der Waals surface area contributed by atoms with E-state index in [-0.39, 0.29) is 6.73 Å². The van der Waals surface area contributed by atoms with Crippen molar-refractivity contribution in [2.24, 2.45) is 0 Å². The van der Waals surface area contributed by atoms with E-state index in [1.54, 1.807) is 0 Å². The Labute approximate surface area is 78.6 Å². The summed E-state index contributed by atoms with van der Waals surface area (Å²) >= 11 is 0. The Morgan fingerprint density at radius 1 is 1.42 bits per heavy atom. The zero-order chi connectivity index (χ0) is 9.23. The van der Waals surface area contributed by atoms with Crippen molar-refractivity contribution < 1.29 is 5.11 Å². The van der Waals surface area contributed by atoms with E-state index in [1.165, 1.54) is 33.4 Å². The standard InChI is InChI=1S/C5H11NO.C2H9B3/c7-5-6-3-1-2-4-6;1-4-5-2-3/h7H,1-5H2;4-5H,2-3H2,1H3. The van der Waals surface area contributed by atoms with E-state index in [0.29, 0.717) is 0 Å². The van der Waals surface area contributed by atoms with E-state index < -0.39 is 0 Å². The first-order valence-electron chi connectivity index (χ1n) is 5.18. The quantitative estimate of drug-likeness (QED) is 0.537. The van der Waals surface area contributed by atoms with Crippen molar-refractivity contribution >= 4 is 22.2 Å². The van der Waals surface area contributed by atoms with Crippen LogP contribution in [0, 0.1) is 0 Å². The Balaban J connectivity index is 0.000000217. The Bertz CT molecular complexity index is 86.7. The van der Waals surface area contributed by atoms with Crippen LogP contribution in [0.3, 0.4) is 0 Å². The number of likely N-dealkylation sites (tertiary alicyclic amines) is 1. The van der Waals surface area contributed by atoms with Crippen molar-refractivity contribution in [3.63, 3.8) is 0 Å². The lowest BCUT2D eigenvalue weighted by molar-refractivity contribution is 0.132. The maximum Gasteiger partial charge on any atom is 0.0956 e. The summed E-state index contributed by atoms with van der Waals surface area (Å²) < 4.78 is 0. The summed E-state index contributed by atoms with van der Waals surface area (Å²) in [5.74, 6) is 0. The summed E-state index contributed by atoms with van der Waals surface area (Å²) in [5, 5.41) is 8.49.